The highest BCUT2D eigenvalue weighted by molar-refractivity contribution is 5.69. The van der Waals surface area contributed by atoms with E-state index in [-0.39, 0.29) is 5.69 Å². The van der Waals surface area contributed by atoms with Crippen molar-refractivity contribution >= 4 is 17.1 Å². The molecule has 1 aromatic carbocycles. The Labute approximate surface area is 107 Å². The van der Waals surface area contributed by atoms with Gasteiger partial charge in [0.15, 0.2) is 0 Å². The van der Waals surface area contributed by atoms with E-state index in [4.69, 9.17) is 5.73 Å². The molecule has 5 heteroatoms. The lowest BCUT2D eigenvalue weighted by atomic mass is 9.92. The second-order valence-electron chi connectivity index (χ2n) is 5.78. The topological polar surface area (TPSA) is 81.2 Å². The molecule has 0 radical (unpaired) electrons. The van der Waals surface area contributed by atoms with Gasteiger partial charge in [-0.2, -0.15) is 0 Å². The van der Waals surface area contributed by atoms with Crippen LogP contribution < -0.4 is 11.1 Å². The highest BCUT2D eigenvalue weighted by Gasteiger charge is 2.31. The van der Waals surface area contributed by atoms with Crippen LogP contribution in [0.2, 0.25) is 0 Å². The fourth-order valence-electron chi connectivity index (χ4n) is 2.57. The molecule has 3 N–H and O–H groups in total. The summed E-state index contributed by atoms with van der Waals surface area (Å²) >= 11 is 0. The van der Waals surface area contributed by atoms with Crippen LogP contribution in [0, 0.1) is 15.5 Å². The number of rotatable bonds is 3. The normalized spacial score (nSPS) is 21.8. The Morgan fingerprint density at radius 3 is 2.72 bits per heavy atom. The van der Waals surface area contributed by atoms with E-state index in [0.717, 1.165) is 18.5 Å². The molecule has 5 nitrogen and oxygen atoms in total. The first kappa shape index (κ1) is 12.7. The highest BCUT2D eigenvalue weighted by Crippen LogP contribution is 2.39. The zero-order chi connectivity index (χ0) is 13.3. The lowest BCUT2D eigenvalue weighted by Crippen LogP contribution is -2.18. The molecule has 0 aromatic heterocycles. The number of nitrogens with zero attached hydrogens (tertiary/aromatic N) is 1. The summed E-state index contributed by atoms with van der Waals surface area (Å²) in [5.41, 5.74) is 7.47. The summed E-state index contributed by atoms with van der Waals surface area (Å²) < 4.78 is 0. The van der Waals surface area contributed by atoms with Crippen LogP contribution in [-0.4, -0.2) is 11.0 Å². The van der Waals surface area contributed by atoms with E-state index < -0.39 is 4.92 Å². The van der Waals surface area contributed by atoms with Crippen LogP contribution in [0.25, 0.3) is 0 Å². The Hall–Kier alpha value is -1.78. The van der Waals surface area contributed by atoms with E-state index in [1.807, 2.05) is 0 Å². The van der Waals surface area contributed by atoms with Crippen molar-refractivity contribution in [3.05, 3.63) is 28.3 Å². The van der Waals surface area contributed by atoms with Gasteiger partial charge in [-0.3, -0.25) is 10.1 Å². The molecule has 18 heavy (non-hydrogen) atoms. The van der Waals surface area contributed by atoms with Gasteiger partial charge in [-0.05, 0) is 30.7 Å². The van der Waals surface area contributed by atoms with Gasteiger partial charge in [-0.25, -0.2) is 0 Å². The van der Waals surface area contributed by atoms with Crippen molar-refractivity contribution in [2.45, 2.75) is 39.2 Å². The van der Waals surface area contributed by atoms with Gasteiger partial charge in [0.05, 0.1) is 16.3 Å². The number of hydrogen-bond donors (Lipinski definition) is 2. The van der Waals surface area contributed by atoms with E-state index in [1.165, 1.54) is 18.6 Å². The van der Waals surface area contributed by atoms with Crippen molar-refractivity contribution in [2.24, 2.45) is 5.41 Å². The van der Waals surface area contributed by atoms with Gasteiger partial charge in [0.25, 0.3) is 5.69 Å². The number of nitrogen functional groups attached to an aromatic ring is 1. The molecule has 1 aliphatic carbocycles. The molecule has 0 aliphatic heterocycles. The summed E-state index contributed by atoms with van der Waals surface area (Å²) in [6.45, 7) is 4.52. The van der Waals surface area contributed by atoms with Crippen LogP contribution in [0.15, 0.2) is 18.2 Å². The maximum absolute atomic E-state index is 10.6. The van der Waals surface area contributed by atoms with Crippen LogP contribution in [0.1, 0.15) is 33.1 Å². The van der Waals surface area contributed by atoms with E-state index in [1.54, 1.807) is 6.07 Å². The van der Waals surface area contributed by atoms with E-state index in [2.05, 4.69) is 19.2 Å². The van der Waals surface area contributed by atoms with E-state index in [0.29, 0.717) is 17.1 Å². The molecule has 1 aromatic rings. The quantitative estimate of drug-likeness (QED) is 0.489. The predicted octanol–water partition coefficient (Wildman–Crippen LogP) is 3.17. The first-order valence-corrected chi connectivity index (χ1v) is 6.18. The van der Waals surface area contributed by atoms with Crippen LogP contribution in [-0.2, 0) is 0 Å². The molecule has 1 atom stereocenters. The molecule has 1 saturated carbocycles. The Bertz CT molecular complexity index is 471. The lowest BCUT2D eigenvalue weighted by molar-refractivity contribution is -0.384. The van der Waals surface area contributed by atoms with Crippen molar-refractivity contribution < 1.29 is 4.92 Å². The Balaban J connectivity index is 2.09. The number of anilines is 2. The predicted molar refractivity (Wildman–Crippen MR) is 72.6 cm³/mol. The second-order valence-corrected chi connectivity index (χ2v) is 5.78. The average Bonchev–Trinajstić information content (AvgIpc) is 2.61. The first-order chi connectivity index (χ1) is 8.37. The van der Waals surface area contributed by atoms with Crippen molar-refractivity contribution in [1.29, 1.82) is 0 Å². The minimum Gasteiger partial charge on any atom is -0.397 e. The number of non-ortho nitro benzene ring substituents is 1. The molecule has 0 bridgehead atoms. The monoisotopic (exact) mass is 249 g/mol. The van der Waals surface area contributed by atoms with Gasteiger partial charge in [0.1, 0.15) is 0 Å². The third kappa shape index (κ3) is 2.72. The Kier molecular flexibility index (Phi) is 3.15. The Morgan fingerprint density at radius 2 is 2.22 bits per heavy atom. The van der Waals surface area contributed by atoms with Crippen LogP contribution in [0.3, 0.4) is 0 Å². The fraction of sp³-hybridized carbons (Fsp3) is 0.538. The fourth-order valence-corrected chi connectivity index (χ4v) is 2.57. The summed E-state index contributed by atoms with van der Waals surface area (Å²) in [4.78, 5) is 10.2. The molecule has 2 rings (SSSR count). The second kappa shape index (κ2) is 4.48. The zero-order valence-electron chi connectivity index (χ0n) is 10.8. The van der Waals surface area contributed by atoms with E-state index in [9.17, 15) is 10.1 Å². The molecular formula is C13H19N3O2. The Morgan fingerprint density at radius 1 is 1.50 bits per heavy atom. The number of nitro benzene ring substituents is 1. The smallest absolute Gasteiger partial charge is 0.271 e. The molecule has 0 heterocycles. The van der Waals surface area contributed by atoms with Gasteiger partial charge in [-0.15, -0.1) is 0 Å². The largest absolute Gasteiger partial charge is 0.397 e. The number of hydrogen-bond acceptors (Lipinski definition) is 4. The van der Waals surface area contributed by atoms with Gasteiger partial charge < -0.3 is 11.1 Å². The lowest BCUT2D eigenvalue weighted by Gasteiger charge is -2.19. The molecule has 1 fully saturated rings. The van der Waals surface area contributed by atoms with E-state index >= 15 is 0 Å². The van der Waals surface area contributed by atoms with Crippen LogP contribution >= 0.6 is 0 Å². The molecular weight excluding hydrogens is 230 g/mol. The zero-order valence-corrected chi connectivity index (χ0v) is 10.8. The summed E-state index contributed by atoms with van der Waals surface area (Å²) in [6.07, 6.45) is 3.41. The van der Waals surface area contributed by atoms with Gasteiger partial charge in [0.2, 0.25) is 0 Å². The molecule has 0 spiro atoms. The molecule has 98 valence electrons. The van der Waals surface area contributed by atoms with Crippen molar-refractivity contribution in [3.8, 4) is 0 Å². The number of nitrogens with two attached hydrogens (primary N) is 1. The van der Waals surface area contributed by atoms with Crippen LogP contribution in [0.4, 0.5) is 17.1 Å². The standard InChI is InChI=1S/C13H19N3O2/c1-13(2)6-5-9(8-13)15-12-4-3-10(16(17)18)7-11(12)14/h3-4,7,9,15H,5-6,8,14H2,1-2H3. The first-order valence-electron chi connectivity index (χ1n) is 6.18. The minimum atomic E-state index is -0.432. The summed E-state index contributed by atoms with van der Waals surface area (Å²) in [5, 5.41) is 14.0. The summed E-state index contributed by atoms with van der Waals surface area (Å²) in [5.74, 6) is 0. The number of nitro groups is 1. The number of nitrogens with one attached hydrogen (secondary N) is 1. The minimum absolute atomic E-state index is 0.0322. The van der Waals surface area contributed by atoms with Gasteiger partial charge in [0, 0.05) is 18.2 Å². The maximum atomic E-state index is 10.6. The third-order valence-corrected chi connectivity index (χ3v) is 3.57. The van der Waals surface area contributed by atoms with Crippen LogP contribution in [0.5, 0.6) is 0 Å². The van der Waals surface area contributed by atoms with Gasteiger partial charge in [-0.1, -0.05) is 13.8 Å². The summed E-state index contributed by atoms with van der Waals surface area (Å²) in [7, 11) is 0. The third-order valence-electron chi connectivity index (χ3n) is 3.57. The molecule has 0 saturated heterocycles. The van der Waals surface area contributed by atoms with Crippen molar-refractivity contribution in [1.82, 2.24) is 0 Å². The SMILES string of the molecule is CC1(C)CCC(Nc2ccc([N+](=O)[O-])cc2N)C1. The average molecular weight is 249 g/mol. The van der Waals surface area contributed by atoms with Crippen molar-refractivity contribution in [3.63, 3.8) is 0 Å². The van der Waals surface area contributed by atoms with Crippen molar-refractivity contribution in [2.75, 3.05) is 11.1 Å². The maximum Gasteiger partial charge on any atom is 0.271 e. The summed E-state index contributed by atoms with van der Waals surface area (Å²) in [6, 6.07) is 4.99. The molecule has 1 aliphatic rings. The van der Waals surface area contributed by atoms with Gasteiger partial charge >= 0.3 is 0 Å². The molecule has 0 amide bonds. The molecule has 1 unspecified atom stereocenters. The highest BCUT2D eigenvalue weighted by atomic mass is 16.6. The number of benzene rings is 1.